The maximum absolute atomic E-state index is 12.6. The van der Waals surface area contributed by atoms with Crippen LogP contribution in [0.25, 0.3) is 38.0 Å². The van der Waals surface area contributed by atoms with Crippen molar-refractivity contribution in [1.82, 2.24) is 24.5 Å². The van der Waals surface area contributed by atoms with E-state index in [1.54, 1.807) is 49.0 Å². The van der Waals surface area contributed by atoms with Gasteiger partial charge >= 0.3 is 0 Å². The van der Waals surface area contributed by atoms with Crippen molar-refractivity contribution in [1.29, 1.82) is 5.26 Å². The maximum Gasteiger partial charge on any atom is 0.294 e. The van der Waals surface area contributed by atoms with Gasteiger partial charge in [0.15, 0.2) is 5.76 Å². The highest BCUT2D eigenvalue weighted by molar-refractivity contribution is 7.18. The van der Waals surface area contributed by atoms with Crippen molar-refractivity contribution in [2.45, 2.75) is 13.0 Å². The molecule has 0 saturated carbocycles. The van der Waals surface area contributed by atoms with Crippen LogP contribution in [0.3, 0.4) is 0 Å². The number of nitrogens with zero attached hydrogens (tertiary/aromatic N) is 6. The zero-order valence-electron chi connectivity index (χ0n) is 22.9. The highest BCUT2D eigenvalue weighted by Crippen LogP contribution is 2.38. The van der Waals surface area contributed by atoms with Crippen LogP contribution < -0.4 is 14.2 Å². The molecule has 0 saturated heterocycles. The lowest BCUT2D eigenvalue weighted by molar-refractivity contribution is 0.0798. The van der Waals surface area contributed by atoms with Gasteiger partial charge in [-0.15, -0.1) is 16.4 Å². The smallest absolute Gasteiger partial charge is 0.294 e. The largest absolute Gasteiger partial charge is 0.496 e. The molecule has 0 unspecified atom stereocenters. The Balaban J connectivity index is 1.19. The number of thiazole rings is 1. The minimum atomic E-state index is -0.123. The Bertz CT molecular complexity index is 1900. The minimum absolute atomic E-state index is 0.123. The molecule has 4 aromatic heterocycles. The first-order valence-corrected chi connectivity index (χ1v) is 14.5. The lowest BCUT2D eigenvalue weighted by Gasteiger charge is -2.15. The van der Waals surface area contributed by atoms with Crippen molar-refractivity contribution in [2.24, 2.45) is 0 Å². The first-order chi connectivity index (χ1) is 20.4. The second-order valence-corrected chi connectivity index (χ2v) is 11.0. The van der Waals surface area contributed by atoms with Gasteiger partial charge in [-0.2, -0.15) is 5.26 Å². The number of furan rings is 1. The number of methoxy groups -OCH3 is 2. The molecule has 0 aliphatic rings. The number of benzene rings is 2. The van der Waals surface area contributed by atoms with Gasteiger partial charge in [-0.1, -0.05) is 12.1 Å². The van der Waals surface area contributed by atoms with Gasteiger partial charge in [0, 0.05) is 42.2 Å². The van der Waals surface area contributed by atoms with Gasteiger partial charge in [-0.3, -0.25) is 4.79 Å². The molecular weight excluding hydrogens is 576 g/mol. The van der Waals surface area contributed by atoms with Crippen LogP contribution in [-0.2, 0) is 6.61 Å². The molecule has 11 nitrogen and oxygen atoms in total. The van der Waals surface area contributed by atoms with Gasteiger partial charge in [-0.25, -0.2) is 14.5 Å². The third kappa shape index (κ3) is 5.37. The molecule has 13 heteroatoms. The molecule has 212 valence electrons. The van der Waals surface area contributed by atoms with Crippen LogP contribution in [0.4, 0.5) is 0 Å². The number of fused-ring (bicyclic) bond motifs is 2. The lowest BCUT2D eigenvalue weighted by Crippen LogP contribution is -2.27. The molecule has 4 heterocycles. The Kier molecular flexibility index (Phi) is 7.47. The predicted octanol–water partition coefficient (Wildman–Crippen LogP) is 5.91. The fourth-order valence-electron chi connectivity index (χ4n) is 4.28. The molecule has 0 fully saturated rings. The molecule has 6 aromatic rings. The first kappa shape index (κ1) is 27.3. The van der Waals surface area contributed by atoms with Crippen molar-refractivity contribution in [3.05, 3.63) is 65.3 Å². The van der Waals surface area contributed by atoms with Gasteiger partial charge in [-0.05, 0) is 29.5 Å². The van der Waals surface area contributed by atoms with E-state index < -0.39 is 0 Å². The fourth-order valence-corrected chi connectivity index (χ4v) is 5.79. The number of ether oxygens (including phenoxy) is 3. The standard InChI is InChI=1S/C29H24N6O5S2/c1-34(10-4-9-30)27(36)18-7-5-17(6-8-18)26-31-19(16-41-26)15-39-23-11-20(37-2)12-24-21(23)13-25(40-24)22-14-35-28(32-22)42-29(33-35)38-3/h5-8,11-14,16H,4,10,15H2,1-3H3. The Hall–Kier alpha value is -4.93. The normalized spacial score (nSPS) is 11.1. The second kappa shape index (κ2) is 11.5. The summed E-state index contributed by atoms with van der Waals surface area (Å²) in [5, 5.41) is 17.2. The number of rotatable bonds is 10. The van der Waals surface area contributed by atoms with Gasteiger partial charge in [0.2, 0.25) is 4.96 Å². The highest BCUT2D eigenvalue weighted by Gasteiger charge is 2.18. The molecule has 1 amide bonds. The van der Waals surface area contributed by atoms with E-state index in [9.17, 15) is 4.79 Å². The zero-order valence-corrected chi connectivity index (χ0v) is 24.5. The molecule has 0 bridgehead atoms. The number of nitriles is 1. The first-order valence-electron chi connectivity index (χ1n) is 12.8. The monoisotopic (exact) mass is 600 g/mol. The zero-order chi connectivity index (χ0) is 29.2. The average Bonchev–Trinajstić information content (AvgIpc) is 3.81. The number of hydrogen-bond acceptors (Lipinski definition) is 11. The topological polar surface area (TPSA) is 128 Å². The summed E-state index contributed by atoms with van der Waals surface area (Å²) in [6.45, 7) is 0.630. The molecule has 0 N–H and O–H groups in total. The summed E-state index contributed by atoms with van der Waals surface area (Å²) in [5.74, 6) is 1.65. The SMILES string of the molecule is COc1cc(OCc2csc(-c3ccc(C(=O)N(C)CCC#N)cc3)n2)c2cc(-c3cn4nc(OC)sc4n3)oc2c1. The van der Waals surface area contributed by atoms with Crippen molar-refractivity contribution >= 4 is 44.5 Å². The highest BCUT2D eigenvalue weighted by atomic mass is 32.1. The van der Waals surface area contributed by atoms with E-state index in [2.05, 4.69) is 16.2 Å². The van der Waals surface area contributed by atoms with Crippen molar-refractivity contribution in [3.8, 4) is 44.8 Å². The predicted molar refractivity (Wildman–Crippen MR) is 158 cm³/mol. The van der Waals surface area contributed by atoms with Crippen molar-refractivity contribution in [2.75, 3.05) is 27.8 Å². The van der Waals surface area contributed by atoms with E-state index in [-0.39, 0.29) is 12.5 Å². The summed E-state index contributed by atoms with van der Waals surface area (Å²) in [7, 11) is 4.85. The average molecular weight is 601 g/mol. The molecule has 0 radical (unpaired) electrons. The van der Waals surface area contributed by atoms with E-state index in [1.165, 1.54) is 22.7 Å². The van der Waals surface area contributed by atoms with Crippen LogP contribution in [0, 0.1) is 11.3 Å². The summed E-state index contributed by atoms with van der Waals surface area (Å²) in [6.07, 6.45) is 2.08. The van der Waals surface area contributed by atoms with Crippen molar-refractivity contribution < 1.29 is 23.4 Å². The number of hydrogen-bond donors (Lipinski definition) is 0. The molecule has 0 aliphatic carbocycles. The molecule has 2 aromatic carbocycles. The van der Waals surface area contributed by atoms with Crippen LogP contribution in [0.15, 0.2) is 58.5 Å². The fraction of sp³-hybridized carbons (Fsp3) is 0.207. The summed E-state index contributed by atoms with van der Waals surface area (Å²) in [6, 6.07) is 14.9. The number of amides is 1. The molecule has 6 rings (SSSR count). The van der Waals surface area contributed by atoms with Crippen molar-refractivity contribution in [3.63, 3.8) is 0 Å². The molecule has 42 heavy (non-hydrogen) atoms. The minimum Gasteiger partial charge on any atom is -0.496 e. The van der Waals surface area contributed by atoms with E-state index in [0.717, 1.165) is 21.7 Å². The van der Waals surface area contributed by atoms with Crippen LogP contribution in [0.1, 0.15) is 22.5 Å². The maximum atomic E-state index is 12.6. The van der Waals surface area contributed by atoms with E-state index in [4.69, 9.17) is 28.9 Å². The number of carbonyl (C=O) groups is 1. The van der Waals surface area contributed by atoms with E-state index in [0.29, 0.717) is 57.2 Å². The van der Waals surface area contributed by atoms with Crippen LogP contribution in [0.5, 0.6) is 16.7 Å². The Morgan fingerprint density at radius 1 is 1.14 bits per heavy atom. The summed E-state index contributed by atoms with van der Waals surface area (Å²) in [4.78, 5) is 24.1. The number of carbonyl (C=O) groups excluding carboxylic acids is 1. The third-order valence-corrected chi connectivity index (χ3v) is 8.30. The summed E-state index contributed by atoms with van der Waals surface area (Å²) >= 11 is 2.84. The van der Waals surface area contributed by atoms with E-state index >= 15 is 0 Å². The van der Waals surface area contributed by atoms with Gasteiger partial charge in [0.1, 0.15) is 34.4 Å². The summed E-state index contributed by atoms with van der Waals surface area (Å²) in [5.41, 5.74) is 3.47. The quantitative estimate of drug-likeness (QED) is 0.188. The summed E-state index contributed by atoms with van der Waals surface area (Å²) < 4.78 is 24.6. The molecule has 0 spiro atoms. The van der Waals surface area contributed by atoms with Crippen LogP contribution in [-0.4, -0.2) is 58.2 Å². The lowest BCUT2D eigenvalue weighted by atomic mass is 10.1. The molecular formula is C29H24N6O5S2. The Morgan fingerprint density at radius 3 is 2.71 bits per heavy atom. The van der Waals surface area contributed by atoms with Crippen LogP contribution in [0.2, 0.25) is 0 Å². The van der Waals surface area contributed by atoms with E-state index in [1.807, 2.05) is 35.7 Å². The molecule has 0 aliphatic heterocycles. The number of imidazole rings is 1. The second-order valence-electron chi connectivity index (χ2n) is 9.22. The van der Waals surface area contributed by atoms with Gasteiger partial charge in [0.05, 0.1) is 44.0 Å². The van der Waals surface area contributed by atoms with Crippen LogP contribution >= 0.6 is 22.7 Å². The third-order valence-electron chi connectivity index (χ3n) is 6.47. The van der Waals surface area contributed by atoms with Gasteiger partial charge in [0.25, 0.3) is 11.1 Å². The number of aromatic nitrogens is 4. The Labute approximate surface area is 248 Å². The molecule has 0 atom stereocenters. The van der Waals surface area contributed by atoms with Gasteiger partial charge < -0.3 is 23.5 Å². The Morgan fingerprint density at radius 2 is 1.98 bits per heavy atom.